The molecule has 0 radical (unpaired) electrons. The van der Waals surface area contributed by atoms with Crippen molar-refractivity contribution in [2.75, 3.05) is 18.2 Å². The van der Waals surface area contributed by atoms with Crippen LogP contribution in [0.25, 0.3) is 0 Å². The molecule has 0 aromatic carbocycles. The fourth-order valence-corrected chi connectivity index (χ4v) is 5.09. The van der Waals surface area contributed by atoms with E-state index in [2.05, 4.69) is 10.4 Å². The number of halogens is 1. The van der Waals surface area contributed by atoms with Gasteiger partial charge < -0.3 is 9.47 Å². The molecule has 26 heavy (non-hydrogen) atoms. The van der Waals surface area contributed by atoms with E-state index in [1.54, 1.807) is 24.1 Å². The summed E-state index contributed by atoms with van der Waals surface area (Å²) in [5, 5.41) is 1.89. The maximum atomic E-state index is 11.8. The Morgan fingerprint density at radius 3 is 2.69 bits per heavy atom. The van der Waals surface area contributed by atoms with Crippen LogP contribution in [-0.4, -0.2) is 30.4 Å². The largest absolute Gasteiger partial charge is 0.462 e. The second-order valence-corrected chi connectivity index (χ2v) is 8.05. The van der Waals surface area contributed by atoms with Gasteiger partial charge in [-0.15, -0.1) is 0 Å². The quantitative estimate of drug-likeness (QED) is 0.608. The fraction of sp³-hybridized carbons (Fsp3) is 0.579. The number of carbonyl (C=O) groups is 1. The number of nitrogens with zero attached hydrogens (tertiary/aromatic N) is 2. The second-order valence-electron chi connectivity index (χ2n) is 7.69. The number of esters is 1. The highest BCUT2D eigenvalue weighted by Gasteiger charge is 2.86. The number of hydrogen-bond donors (Lipinski definition) is 1. The van der Waals surface area contributed by atoms with Crippen molar-refractivity contribution in [2.45, 2.75) is 38.8 Å². The molecule has 1 N–H and O–H groups in total. The maximum absolute atomic E-state index is 11.8. The minimum absolute atomic E-state index is 0.129. The highest BCUT2D eigenvalue weighted by molar-refractivity contribution is 6.32. The molecule has 6 nitrogen and oxygen atoms in total. The minimum Gasteiger partial charge on any atom is -0.462 e. The third-order valence-electron chi connectivity index (χ3n) is 6.51. The SMILES string of the molecule is CCOC(=O)c1ccc(N2C=CC(OCC3C4(CC4)C34CC4)N2)nc1Cl. The Morgan fingerprint density at radius 2 is 2.08 bits per heavy atom. The summed E-state index contributed by atoms with van der Waals surface area (Å²) in [6, 6.07) is 3.36. The second kappa shape index (κ2) is 5.68. The predicted octanol–water partition coefficient (Wildman–Crippen LogP) is 3.28. The Morgan fingerprint density at radius 1 is 1.35 bits per heavy atom. The molecular weight excluding hydrogens is 354 g/mol. The summed E-state index contributed by atoms with van der Waals surface area (Å²) in [5.74, 6) is 0.903. The van der Waals surface area contributed by atoms with Gasteiger partial charge in [-0.1, -0.05) is 11.6 Å². The van der Waals surface area contributed by atoms with E-state index < -0.39 is 5.97 Å². The van der Waals surface area contributed by atoms with E-state index in [9.17, 15) is 4.79 Å². The molecule has 0 saturated heterocycles. The highest BCUT2D eigenvalue weighted by atomic mass is 35.5. The number of aromatic nitrogens is 1. The van der Waals surface area contributed by atoms with Gasteiger partial charge in [-0.2, -0.15) is 5.43 Å². The standard InChI is InChI=1S/C19H22ClN3O3/c1-2-25-17(24)12-3-4-14(21-16(12)20)23-10-5-15(22-23)26-11-13-18(6-7-18)19(13)8-9-19/h3-5,10,13,15,22H,2,6-9,11H2,1H3. The first kappa shape index (κ1) is 16.5. The van der Waals surface area contributed by atoms with Crippen molar-refractivity contribution >= 4 is 23.4 Å². The lowest BCUT2D eigenvalue weighted by atomic mass is 10.3. The van der Waals surface area contributed by atoms with Crippen LogP contribution in [0.1, 0.15) is 43.0 Å². The van der Waals surface area contributed by atoms with Crippen LogP contribution in [0, 0.1) is 16.7 Å². The van der Waals surface area contributed by atoms with Crippen LogP contribution in [0.4, 0.5) is 5.82 Å². The summed E-state index contributed by atoms with van der Waals surface area (Å²) >= 11 is 6.14. The normalized spacial score (nSPS) is 26.5. The van der Waals surface area contributed by atoms with Gasteiger partial charge in [0, 0.05) is 6.20 Å². The van der Waals surface area contributed by atoms with Gasteiger partial charge in [-0.3, -0.25) is 5.01 Å². The van der Waals surface area contributed by atoms with Gasteiger partial charge in [0.2, 0.25) is 0 Å². The summed E-state index contributed by atoms with van der Waals surface area (Å²) in [7, 11) is 0. The molecule has 2 heterocycles. The van der Waals surface area contributed by atoms with E-state index in [1.807, 2.05) is 12.3 Å². The Hall–Kier alpha value is -1.63. The molecule has 1 unspecified atom stereocenters. The number of pyridine rings is 1. The van der Waals surface area contributed by atoms with Crippen molar-refractivity contribution in [1.82, 2.24) is 10.4 Å². The van der Waals surface area contributed by atoms with Crippen molar-refractivity contribution in [2.24, 2.45) is 16.7 Å². The van der Waals surface area contributed by atoms with Crippen LogP contribution in [-0.2, 0) is 9.47 Å². The van der Waals surface area contributed by atoms with E-state index in [-0.39, 0.29) is 16.9 Å². The van der Waals surface area contributed by atoms with Crippen molar-refractivity contribution in [3.63, 3.8) is 0 Å². The molecule has 7 heteroatoms. The molecule has 1 atom stereocenters. The molecule has 3 fully saturated rings. The van der Waals surface area contributed by atoms with Crippen molar-refractivity contribution in [1.29, 1.82) is 0 Å². The van der Waals surface area contributed by atoms with Crippen LogP contribution in [0.15, 0.2) is 24.4 Å². The molecule has 2 spiro atoms. The number of hydrazine groups is 1. The third-order valence-corrected chi connectivity index (χ3v) is 6.80. The average Bonchev–Trinajstić information content (AvgIpc) is 3.57. The Bertz CT molecular complexity index is 770. The number of hydrogen-bond acceptors (Lipinski definition) is 6. The first-order chi connectivity index (χ1) is 12.6. The van der Waals surface area contributed by atoms with Gasteiger partial charge in [0.15, 0.2) is 0 Å². The summed E-state index contributed by atoms with van der Waals surface area (Å²) in [5.41, 5.74) is 4.84. The summed E-state index contributed by atoms with van der Waals surface area (Å²) in [6.07, 6.45) is 9.28. The van der Waals surface area contributed by atoms with E-state index in [0.717, 1.165) is 12.5 Å². The van der Waals surface area contributed by atoms with Crippen LogP contribution in [0.2, 0.25) is 5.15 Å². The number of nitrogens with one attached hydrogen (secondary N) is 1. The third kappa shape index (κ3) is 2.39. The zero-order valence-corrected chi connectivity index (χ0v) is 15.5. The molecule has 3 aliphatic carbocycles. The van der Waals surface area contributed by atoms with Crippen LogP contribution >= 0.6 is 11.6 Å². The molecule has 0 bridgehead atoms. The molecule has 5 rings (SSSR count). The Balaban J connectivity index is 1.18. The molecular formula is C19H22ClN3O3. The first-order valence-corrected chi connectivity index (χ1v) is 9.66. The Labute approximate surface area is 157 Å². The summed E-state index contributed by atoms with van der Waals surface area (Å²) in [4.78, 5) is 16.1. The van der Waals surface area contributed by atoms with Crippen molar-refractivity contribution < 1.29 is 14.3 Å². The van der Waals surface area contributed by atoms with Gasteiger partial charge in [0.05, 0.1) is 18.8 Å². The minimum atomic E-state index is -0.463. The monoisotopic (exact) mass is 375 g/mol. The molecule has 1 aromatic heterocycles. The van der Waals surface area contributed by atoms with Crippen molar-refractivity contribution in [3.8, 4) is 0 Å². The zero-order chi connectivity index (χ0) is 17.9. The zero-order valence-electron chi connectivity index (χ0n) is 14.7. The molecule has 4 aliphatic rings. The maximum Gasteiger partial charge on any atom is 0.341 e. The number of carbonyl (C=O) groups excluding carboxylic acids is 1. The lowest BCUT2D eigenvalue weighted by Gasteiger charge is -2.19. The lowest BCUT2D eigenvalue weighted by Crippen LogP contribution is -2.37. The number of fused-ring (bicyclic) bond motifs is 1. The number of rotatable bonds is 6. The molecule has 1 aromatic rings. The Kier molecular flexibility index (Phi) is 3.61. The van der Waals surface area contributed by atoms with Crippen LogP contribution in [0.5, 0.6) is 0 Å². The van der Waals surface area contributed by atoms with Gasteiger partial charge in [-0.05, 0) is 67.6 Å². The smallest absolute Gasteiger partial charge is 0.341 e. The van der Waals surface area contributed by atoms with Crippen molar-refractivity contribution in [3.05, 3.63) is 35.1 Å². The van der Waals surface area contributed by atoms with Gasteiger partial charge in [0.25, 0.3) is 0 Å². The number of anilines is 1. The van der Waals surface area contributed by atoms with Gasteiger partial charge >= 0.3 is 5.97 Å². The van der Waals surface area contributed by atoms with E-state index >= 15 is 0 Å². The van der Waals surface area contributed by atoms with Gasteiger partial charge in [-0.25, -0.2) is 9.78 Å². The fourth-order valence-electron chi connectivity index (χ4n) is 4.86. The van der Waals surface area contributed by atoms with Crippen LogP contribution < -0.4 is 10.4 Å². The topological polar surface area (TPSA) is 63.7 Å². The molecule has 0 amide bonds. The number of ether oxygens (including phenoxy) is 2. The van der Waals surface area contributed by atoms with Crippen LogP contribution in [0.3, 0.4) is 0 Å². The first-order valence-electron chi connectivity index (χ1n) is 9.29. The summed E-state index contributed by atoms with van der Waals surface area (Å²) in [6.45, 7) is 2.88. The van der Waals surface area contributed by atoms with E-state index in [0.29, 0.717) is 23.3 Å². The lowest BCUT2D eigenvalue weighted by molar-refractivity contribution is 0.0524. The van der Waals surface area contributed by atoms with E-state index in [1.165, 1.54) is 25.7 Å². The summed E-state index contributed by atoms with van der Waals surface area (Å²) < 4.78 is 11.0. The highest BCUT2D eigenvalue weighted by Crippen LogP contribution is 2.92. The molecule has 3 saturated carbocycles. The average molecular weight is 376 g/mol. The molecule has 1 aliphatic heterocycles. The molecule has 138 valence electrons. The predicted molar refractivity (Wildman–Crippen MR) is 96.5 cm³/mol. The van der Waals surface area contributed by atoms with Gasteiger partial charge in [0.1, 0.15) is 17.2 Å². The van der Waals surface area contributed by atoms with E-state index in [4.69, 9.17) is 21.1 Å².